The predicted molar refractivity (Wildman–Crippen MR) is 85.8 cm³/mol. The lowest BCUT2D eigenvalue weighted by atomic mass is 10.2. The number of hydrazone groups is 1. The van der Waals surface area contributed by atoms with E-state index in [1.165, 1.54) is 25.5 Å². The number of hydrogen-bond acceptors (Lipinski definition) is 4. The van der Waals surface area contributed by atoms with Crippen molar-refractivity contribution < 1.29 is 23.0 Å². The summed E-state index contributed by atoms with van der Waals surface area (Å²) in [6.07, 6.45) is 1.19. The molecule has 0 heterocycles. The fourth-order valence-corrected chi connectivity index (χ4v) is 1.85. The average Bonchev–Trinajstić information content (AvgIpc) is 2.56. The van der Waals surface area contributed by atoms with Crippen molar-refractivity contribution in [3.8, 4) is 11.5 Å². The molecule has 2 rings (SSSR count). The Morgan fingerprint density at radius 3 is 2.58 bits per heavy atom. The number of carbonyl (C=O) groups excluding carboxylic acids is 1. The Labute approximate surface area is 137 Å². The second-order valence-electron chi connectivity index (χ2n) is 4.45. The molecule has 0 aliphatic rings. The van der Waals surface area contributed by atoms with Crippen LogP contribution in [0.5, 0.6) is 11.5 Å². The number of anilines is 1. The van der Waals surface area contributed by atoms with Gasteiger partial charge < -0.3 is 14.8 Å². The second-order valence-corrected chi connectivity index (χ2v) is 4.45. The Balaban J connectivity index is 2.04. The van der Waals surface area contributed by atoms with Gasteiger partial charge in [-0.3, -0.25) is 0 Å². The molecule has 0 aliphatic carbocycles. The smallest absolute Gasteiger partial charge is 0.387 e. The van der Waals surface area contributed by atoms with Gasteiger partial charge in [-0.25, -0.2) is 10.2 Å². The summed E-state index contributed by atoms with van der Waals surface area (Å²) in [5.41, 5.74) is 3.06. The first kappa shape index (κ1) is 17.2. The fourth-order valence-electron chi connectivity index (χ4n) is 1.85. The zero-order chi connectivity index (χ0) is 17.4. The number of ether oxygens (including phenoxy) is 2. The van der Waals surface area contributed by atoms with Gasteiger partial charge in [-0.1, -0.05) is 24.3 Å². The number of nitrogens with one attached hydrogen (secondary N) is 2. The Hall–Kier alpha value is -3.16. The zero-order valence-corrected chi connectivity index (χ0v) is 12.7. The molecule has 0 radical (unpaired) electrons. The largest absolute Gasteiger partial charge is 0.493 e. The van der Waals surface area contributed by atoms with Crippen molar-refractivity contribution in [1.82, 2.24) is 5.43 Å². The van der Waals surface area contributed by atoms with Crippen LogP contribution in [0.1, 0.15) is 5.56 Å². The van der Waals surface area contributed by atoms with Crippen molar-refractivity contribution in [2.75, 3.05) is 12.4 Å². The van der Waals surface area contributed by atoms with E-state index in [1.54, 1.807) is 30.3 Å². The molecule has 0 spiro atoms. The van der Waals surface area contributed by atoms with Crippen molar-refractivity contribution in [2.24, 2.45) is 5.10 Å². The number of hydrogen-bond donors (Lipinski definition) is 2. The molecule has 24 heavy (non-hydrogen) atoms. The van der Waals surface area contributed by atoms with Gasteiger partial charge in [0.2, 0.25) is 0 Å². The molecule has 2 N–H and O–H groups in total. The summed E-state index contributed by atoms with van der Waals surface area (Å²) in [6.45, 7) is -3.01. The quantitative estimate of drug-likeness (QED) is 0.627. The Bertz CT molecular complexity index is 709. The summed E-state index contributed by atoms with van der Waals surface area (Å²) < 4.78 is 34.4. The third-order valence-corrected chi connectivity index (χ3v) is 2.84. The Kier molecular flexibility index (Phi) is 6.07. The van der Waals surface area contributed by atoms with E-state index in [4.69, 9.17) is 4.74 Å². The molecule has 0 aliphatic heterocycles. The minimum atomic E-state index is -3.01. The third kappa shape index (κ3) is 4.94. The Morgan fingerprint density at radius 2 is 1.92 bits per heavy atom. The molecule has 2 aromatic carbocycles. The summed E-state index contributed by atoms with van der Waals surface area (Å²) in [5, 5.41) is 6.27. The van der Waals surface area contributed by atoms with Gasteiger partial charge in [0.1, 0.15) is 0 Å². The van der Waals surface area contributed by atoms with Gasteiger partial charge in [-0.05, 0) is 24.3 Å². The number of rotatable bonds is 6. The first-order valence-corrected chi connectivity index (χ1v) is 6.87. The highest BCUT2D eigenvalue weighted by Crippen LogP contribution is 2.31. The molecule has 0 aromatic heterocycles. The lowest BCUT2D eigenvalue weighted by Crippen LogP contribution is -2.24. The highest BCUT2D eigenvalue weighted by molar-refractivity contribution is 5.91. The van der Waals surface area contributed by atoms with Gasteiger partial charge in [-0.2, -0.15) is 13.9 Å². The molecule has 0 unspecified atom stereocenters. The maximum Gasteiger partial charge on any atom is 0.387 e. The molecular weight excluding hydrogens is 320 g/mol. The van der Waals surface area contributed by atoms with E-state index in [-0.39, 0.29) is 17.1 Å². The number of halogens is 2. The van der Waals surface area contributed by atoms with Crippen LogP contribution in [0.25, 0.3) is 0 Å². The van der Waals surface area contributed by atoms with Crippen LogP contribution in [0.3, 0.4) is 0 Å². The predicted octanol–water partition coefficient (Wildman–Crippen LogP) is 3.45. The summed E-state index contributed by atoms with van der Waals surface area (Å²) in [5.74, 6) is -0.0306. The summed E-state index contributed by atoms with van der Waals surface area (Å²) in [6, 6.07) is 12.8. The van der Waals surface area contributed by atoms with Gasteiger partial charge in [0.25, 0.3) is 0 Å². The van der Waals surface area contributed by atoms with Crippen molar-refractivity contribution in [1.29, 1.82) is 0 Å². The monoisotopic (exact) mass is 335 g/mol. The lowest BCUT2D eigenvalue weighted by Gasteiger charge is -2.12. The molecular formula is C16H15F2N3O3. The molecule has 0 saturated heterocycles. The highest BCUT2D eigenvalue weighted by Gasteiger charge is 2.14. The zero-order valence-electron chi connectivity index (χ0n) is 12.7. The molecule has 0 bridgehead atoms. The number of methoxy groups -OCH3 is 1. The third-order valence-electron chi connectivity index (χ3n) is 2.84. The number of alkyl halides is 2. The van der Waals surface area contributed by atoms with Crippen LogP contribution in [-0.4, -0.2) is 26.0 Å². The van der Waals surface area contributed by atoms with Crippen molar-refractivity contribution in [3.63, 3.8) is 0 Å². The van der Waals surface area contributed by atoms with E-state index in [1.807, 2.05) is 6.07 Å². The van der Waals surface area contributed by atoms with E-state index >= 15 is 0 Å². The van der Waals surface area contributed by atoms with Gasteiger partial charge >= 0.3 is 12.6 Å². The van der Waals surface area contributed by atoms with E-state index < -0.39 is 12.6 Å². The number of urea groups is 1. The highest BCUT2D eigenvalue weighted by atomic mass is 19.3. The molecule has 0 atom stereocenters. The van der Waals surface area contributed by atoms with E-state index in [9.17, 15) is 13.6 Å². The lowest BCUT2D eigenvalue weighted by molar-refractivity contribution is -0.0513. The van der Waals surface area contributed by atoms with Gasteiger partial charge in [0, 0.05) is 11.3 Å². The molecule has 0 saturated carbocycles. The number of amides is 2. The van der Waals surface area contributed by atoms with Crippen LogP contribution in [0, 0.1) is 0 Å². The minimum Gasteiger partial charge on any atom is -0.493 e. The molecule has 0 fully saturated rings. The van der Waals surface area contributed by atoms with Crippen LogP contribution in [-0.2, 0) is 0 Å². The van der Waals surface area contributed by atoms with Gasteiger partial charge in [0.15, 0.2) is 11.5 Å². The number of benzene rings is 2. The standard InChI is InChI=1S/C16H15F2N3O3/c1-23-13-9-5-6-11(14(13)24-15(17)18)10-19-21-16(22)20-12-7-3-2-4-8-12/h2-10,15H,1H3,(H2,20,21,22)/b19-10-. The molecule has 8 heteroatoms. The summed E-state index contributed by atoms with van der Waals surface area (Å²) >= 11 is 0. The SMILES string of the molecule is COc1cccc(/C=N\NC(=O)Nc2ccccc2)c1OC(F)F. The number of para-hydroxylation sites is 2. The van der Waals surface area contributed by atoms with E-state index in [2.05, 4.69) is 20.6 Å². The van der Waals surface area contributed by atoms with E-state index in [0.29, 0.717) is 5.69 Å². The normalized spacial score (nSPS) is 10.7. The summed E-state index contributed by atoms with van der Waals surface area (Å²) in [7, 11) is 1.33. The summed E-state index contributed by atoms with van der Waals surface area (Å²) in [4.78, 5) is 11.7. The van der Waals surface area contributed by atoms with Crippen LogP contribution in [0.15, 0.2) is 53.6 Å². The molecule has 126 valence electrons. The van der Waals surface area contributed by atoms with Crippen molar-refractivity contribution in [3.05, 3.63) is 54.1 Å². The van der Waals surface area contributed by atoms with E-state index in [0.717, 1.165) is 0 Å². The maximum atomic E-state index is 12.5. The topological polar surface area (TPSA) is 72.0 Å². The number of nitrogens with zero attached hydrogens (tertiary/aromatic N) is 1. The first-order chi connectivity index (χ1) is 11.6. The van der Waals surface area contributed by atoms with Crippen LogP contribution in [0.4, 0.5) is 19.3 Å². The van der Waals surface area contributed by atoms with Gasteiger partial charge in [0.05, 0.1) is 13.3 Å². The Morgan fingerprint density at radius 1 is 1.17 bits per heavy atom. The average molecular weight is 335 g/mol. The van der Waals surface area contributed by atoms with Crippen molar-refractivity contribution in [2.45, 2.75) is 6.61 Å². The van der Waals surface area contributed by atoms with Gasteiger partial charge in [-0.15, -0.1) is 0 Å². The minimum absolute atomic E-state index is 0.132. The van der Waals surface area contributed by atoms with Crippen LogP contribution in [0.2, 0.25) is 0 Å². The molecule has 2 aromatic rings. The maximum absolute atomic E-state index is 12.5. The molecule has 6 nitrogen and oxygen atoms in total. The number of carbonyl (C=O) groups is 1. The van der Waals surface area contributed by atoms with Crippen LogP contribution >= 0.6 is 0 Å². The molecule has 2 amide bonds. The van der Waals surface area contributed by atoms with Crippen molar-refractivity contribution >= 4 is 17.9 Å². The van der Waals surface area contributed by atoms with Crippen LogP contribution < -0.4 is 20.2 Å². The second kappa shape index (κ2) is 8.47. The fraction of sp³-hybridized carbons (Fsp3) is 0.125. The first-order valence-electron chi connectivity index (χ1n) is 6.87.